The first-order chi connectivity index (χ1) is 9.50. The first-order valence-corrected chi connectivity index (χ1v) is 7.18. The summed E-state index contributed by atoms with van der Waals surface area (Å²) < 4.78 is 0.874. The largest absolute Gasteiger partial charge is 0.322 e. The minimum Gasteiger partial charge on any atom is -0.322 e. The quantitative estimate of drug-likeness (QED) is 0.731. The maximum absolute atomic E-state index is 12.4. The Morgan fingerprint density at radius 2 is 2.00 bits per heavy atom. The predicted octanol–water partition coefficient (Wildman–Crippen LogP) is 1.55. The van der Waals surface area contributed by atoms with E-state index in [1.807, 2.05) is 12.1 Å². The van der Waals surface area contributed by atoms with Gasteiger partial charge in [0, 0.05) is 30.0 Å². The highest BCUT2D eigenvalue weighted by atomic mass is 79.9. The Kier molecular flexibility index (Phi) is 3.12. The zero-order valence-corrected chi connectivity index (χ0v) is 12.5. The van der Waals surface area contributed by atoms with Gasteiger partial charge in [-0.1, -0.05) is 22.0 Å². The molecule has 0 radical (unpaired) electrons. The molecule has 6 heteroatoms. The van der Waals surface area contributed by atoms with Crippen molar-refractivity contribution in [2.24, 2.45) is 0 Å². The molecule has 3 amide bonds. The Morgan fingerprint density at radius 1 is 1.25 bits per heavy atom. The number of benzene rings is 1. The van der Waals surface area contributed by atoms with E-state index in [-0.39, 0.29) is 17.7 Å². The molecule has 0 aromatic heterocycles. The van der Waals surface area contributed by atoms with Crippen molar-refractivity contribution in [1.82, 2.24) is 9.80 Å². The van der Waals surface area contributed by atoms with Crippen LogP contribution in [0.5, 0.6) is 0 Å². The van der Waals surface area contributed by atoms with E-state index < -0.39 is 6.04 Å². The van der Waals surface area contributed by atoms with Gasteiger partial charge in [-0.25, -0.2) is 0 Å². The number of rotatable bonds is 1. The molecule has 1 fully saturated rings. The second-order valence-corrected chi connectivity index (χ2v) is 5.90. The molecule has 1 aromatic carbocycles. The van der Waals surface area contributed by atoms with E-state index in [0.717, 1.165) is 14.9 Å². The topological polar surface area (TPSA) is 57.7 Å². The van der Waals surface area contributed by atoms with E-state index in [1.165, 1.54) is 7.05 Å². The maximum Gasteiger partial charge on any atom is 0.255 e. The molecule has 1 atom stereocenters. The van der Waals surface area contributed by atoms with Gasteiger partial charge < -0.3 is 4.90 Å². The number of carbonyl (C=O) groups is 3. The van der Waals surface area contributed by atoms with Crippen LogP contribution in [0.4, 0.5) is 0 Å². The van der Waals surface area contributed by atoms with Crippen LogP contribution in [0, 0.1) is 0 Å². The normalized spacial score (nSPS) is 22.5. The highest BCUT2D eigenvalue weighted by Crippen LogP contribution is 2.32. The average Bonchev–Trinajstić information content (AvgIpc) is 2.76. The summed E-state index contributed by atoms with van der Waals surface area (Å²) in [7, 11) is 1.47. The first kappa shape index (κ1) is 13.3. The number of fused-ring (bicyclic) bond motifs is 1. The van der Waals surface area contributed by atoms with Gasteiger partial charge in [0.2, 0.25) is 5.91 Å². The van der Waals surface area contributed by atoms with E-state index >= 15 is 0 Å². The van der Waals surface area contributed by atoms with Crippen LogP contribution in [0.25, 0.3) is 0 Å². The van der Waals surface area contributed by atoms with Crippen molar-refractivity contribution in [3.8, 4) is 0 Å². The summed E-state index contributed by atoms with van der Waals surface area (Å²) in [6.07, 6.45) is 0.702. The van der Waals surface area contributed by atoms with Crippen molar-refractivity contribution in [2.45, 2.75) is 25.4 Å². The van der Waals surface area contributed by atoms with Crippen molar-refractivity contribution in [3.63, 3.8) is 0 Å². The zero-order valence-electron chi connectivity index (χ0n) is 10.9. The van der Waals surface area contributed by atoms with Gasteiger partial charge in [-0.2, -0.15) is 0 Å². The minimum absolute atomic E-state index is 0.137. The van der Waals surface area contributed by atoms with Gasteiger partial charge in [0.25, 0.3) is 11.8 Å². The molecule has 5 nitrogen and oxygen atoms in total. The molecule has 1 aromatic rings. The summed E-state index contributed by atoms with van der Waals surface area (Å²) in [5, 5.41) is 0. The number of nitrogens with zero attached hydrogens (tertiary/aromatic N) is 2. The van der Waals surface area contributed by atoms with Crippen LogP contribution in [0.1, 0.15) is 28.8 Å². The third kappa shape index (κ3) is 1.86. The average molecular weight is 337 g/mol. The van der Waals surface area contributed by atoms with Crippen LogP contribution in [0.2, 0.25) is 0 Å². The van der Waals surface area contributed by atoms with Crippen LogP contribution >= 0.6 is 15.9 Å². The SMILES string of the molecule is CN1C(=O)CCC(N2Cc3c(Br)cccc3C2=O)C1=O. The van der Waals surface area contributed by atoms with Gasteiger partial charge in [-0.05, 0) is 24.1 Å². The lowest BCUT2D eigenvalue weighted by Gasteiger charge is -2.33. The van der Waals surface area contributed by atoms with E-state index in [0.29, 0.717) is 24.9 Å². The molecule has 2 aliphatic rings. The summed E-state index contributed by atoms with van der Waals surface area (Å²) in [4.78, 5) is 38.8. The third-order valence-corrected chi connectivity index (χ3v) is 4.68. The molecule has 2 aliphatic heterocycles. The molecule has 2 heterocycles. The summed E-state index contributed by atoms with van der Waals surface area (Å²) >= 11 is 3.43. The van der Waals surface area contributed by atoms with Gasteiger partial charge in [-0.15, -0.1) is 0 Å². The van der Waals surface area contributed by atoms with Gasteiger partial charge in [-0.3, -0.25) is 19.3 Å². The molecule has 3 rings (SSSR count). The lowest BCUT2D eigenvalue weighted by molar-refractivity contribution is -0.150. The summed E-state index contributed by atoms with van der Waals surface area (Å²) in [5.74, 6) is -0.613. The van der Waals surface area contributed by atoms with Crippen LogP contribution in [-0.4, -0.2) is 40.6 Å². The molecule has 20 heavy (non-hydrogen) atoms. The predicted molar refractivity (Wildman–Crippen MR) is 74.8 cm³/mol. The monoisotopic (exact) mass is 336 g/mol. The Hall–Kier alpha value is -1.69. The number of piperidine rings is 1. The van der Waals surface area contributed by atoms with Crippen molar-refractivity contribution in [1.29, 1.82) is 0 Å². The Balaban J connectivity index is 1.91. The second kappa shape index (κ2) is 4.70. The highest BCUT2D eigenvalue weighted by Gasteiger charge is 2.41. The number of carbonyl (C=O) groups excluding carboxylic acids is 3. The van der Waals surface area contributed by atoms with E-state index in [9.17, 15) is 14.4 Å². The van der Waals surface area contributed by atoms with Crippen LogP contribution in [0.3, 0.4) is 0 Å². The van der Waals surface area contributed by atoms with Crippen molar-refractivity contribution in [2.75, 3.05) is 7.05 Å². The molecule has 0 aliphatic carbocycles. The van der Waals surface area contributed by atoms with E-state index in [4.69, 9.17) is 0 Å². The molecular weight excluding hydrogens is 324 g/mol. The molecule has 0 bridgehead atoms. The molecular formula is C14H13BrN2O3. The molecule has 104 valence electrons. The van der Waals surface area contributed by atoms with Crippen molar-refractivity contribution < 1.29 is 14.4 Å². The van der Waals surface area contributed by atoms with Crippen molar-refractivity contribution in [3.05, 3.63) is 33.8 Å². The molecule has 1 saturated heterocycles. The fourth-order valence-electron chi connectivity index (χ4n) is 2.76. The molecule has 0 spiro atoms. The zero-order chi connectivity index (χ0) is 14.4. The summed E-state index contributed by atoms with van der Waals surface area (Å²) in [5.41, 5.74) is 1.54. The minimum atomic E-state index is -0.538. The number of amides is 3. The summed E-state index contributed by atoms with van der Waals surface area (Å²) in [6.45, 7) is 0.411. The number of hydrogen-bond acceptors (Lipinski definition) is 3. The maximum atomic E-state index is 12.4. The fraction of sp³-hybridized carbons (Fsp3) is 0.357. The fourth-order valence-corrected chi connectivity index (χ4v) is 3.25. The van der Waals surface area contributed by atoms with Crippen LogP contribution in [0.15, 0.2) is 22.7 Å². The third-order valence-electron chi connectivity index (χ3n) is 3.94. The van der Waals surface area contributed by atoms with Gasteiger partial charge in [0.15, 0.2) is 0 Å². The lowest BCUT2D eigenvalue weighted by atomic mass is 10.0. The first-order valence-electron chi connectivity index (χ1n) is 6.39. The number of likely N-dealkylation sites (N-methyl/N-ethyl adjacent to an activating group) is 1. The number of hydrogen-bond donors (Lipinski definition) is 0. The molecule has 0 saturated carbocycles. The number of halogens is 1. The summed E-state index contributed by atoms with van der Waals surface area (Å²) in [6, 6.07) is 4.92. The molecule has 0 N–H and O–H groups in total. The van der Waals surface area contributed by atoms with E-state index in [2.05, 4.69) is 15.9 Å². The van der Waals surface area contributed by atoms with Crippen LogP contribution < -0.4 is 0 Å². The standard InChI is InChI=1S/C14H13BrN2O3/c1-16-12(18)6-5-11(14(16)20)17-7-9-8(13(17)19)3-2-4-10(9)15/h2-4,11H,5-7H2,1H3. The van der Waals surface area contributed by atoms with E-state index in [1.54, 1.807) is 11.0 Å². The van der Waals surface area contributed by atoms with Gasteiger partial charge in [0.05, 0.1) is 0 Å². The van der Waals surface area contributed by atoms with Gasteiger partial charge in [0.1, 0.15) is 6.04 Å². The van der Waals surface area contributed by atoms with Gasteiger partial charge >= 0.3 is 0 Å². The Labute approximate surface area is 124 Å². The second-order valence-electron chi connectivity index (χ2n) is 5.04. The Morgan fingerprint density at radius 3 is 2.70 bits per heavy atom. The smallest absolute Gasteiger partial charge is 0.255 e. The number of likely N-dealkylation sites (tertiary alicyclic amines) is 1. The lowest BCUT2D eigenvalue weighted by Crippen LogP contribution is -2.53. The van der Waals surface area contributed by atoms with Crippen molar-refractivity contribution >= 4 is 33.7 Å². The number of imide groups is 1. The highest BCUT2D eigenvalue weighted by molar-refractivity contribution is 9.10. The Bertz CT molecular complexity index is 629. The molecule has 1 unspecified atom stereocenters. The van der Waals surface area contributed by atoms with Crippen LogP contribution in [-0.2, 0) is 16.1 Å².